The van der Waals surface area contributed by atoms with Crippen molar-refractivity contribution in [3.8, 4) is 21.8 Å². The molecule has 0 radical (unpaired) electrons. The van der Waals surface area contributed by atoms with E-state index in [0.29, 0.717) is 16.4 Å². The summed E-state index contributed by atoms with van der Waals surface area (Å²) in [5.41, 5.74) is 8.20. The summed E-state index contributed by atoms with van der Waals surface area (Å²) < 4.78 is 0. The maximum Gasteiger partial charge on any atom is 0.275 e. The van der Waals surface area contributed by atoms with Gasteiger partial charge in [0, 0.05) is 35.1 Å². The van der Waals surface area contributed by atoms with Crippen LogP contribution in [-0.2, 0) is 13.1 Å². The number of carbonyl (C=O) groups is 1. The molecule has 5 aromatic rings. The summed E-state index contributed by atoms with van der Waals surface area (Å²) in [5.74, 6) is -0.261. The minimum Gasteiger partial charge on any atom is -0.320 e. The third-order valence-corrected chi connectivity index (χ3v) is 6.50. The lowest BCUT2D eigenvalue weighted by atomic mass is 9.98. The zero-order chi connectivity index (χ0) is 21.7. The summed E-state index contributed by atoms with van der Waals surface area (Å²) in [6.07, 6.45) is 1.79. The first kappa shape index (κ1) is 18.9. The van der Waals surface area contributed by atoms with Crippen molar-refractivity contribution in [3.05, 3.63) is 70.5 Å². The average molecular weight is 442 g/mol. The van der Waals surface area contributed by atoms with Crippen LogP contribution in [0.1, 0.15) is 27.3 Å². The van der Waals surface area contributed by atoms with Gasteiger partial charge in [-0.2, -0.15) is 10.2 Å². The Bertz CT molecular complexity index is 1480. The minimum atomic E-state index is -0.261. The molecule has 1 aliphatic heterocycles. The number of benzene rings is 2. The number of nitrogens with one attached hydrogen (secondary N) is 4. The van der Waals surface area contributed by atoms with Crippen LogP contribution >= 0.6 is 11.3 Å². The van der Waals surface area contributed by atoms with E-state index in [1.807, 2.05) is 19.1 Å². The molecule has 1 amide bonds. The molecule has 0 aliphatic carbocycles. The van der Waals surface area contributed by atoms with Crippen LogP contribution in [0.2, 0.25) is 0 Å². The Morgan fingerprint density at radius 1 is 1.09 bits per heavy atom. The summed E-state index contributed by atoms with van der Waals surface area (Å²) in [4.78, 5) is 17.6. The molecule has 4 N–H and O–H groups in total. The molecule has 0 unspecified atom stereocenters. The van der Waals surface area contributed by atoms with E-state index in [4.69, 9.17) is 0 Å². The lowest BCUT2D eigenvalue weighted by molar-refractivity contribution is 0.102. The van der Waals surface area contributed by atoms with Crippen LogP contribution in [0.15, 0.2) is 48.0 Å². The number of fused-ring (bicyclic) bond motifs is 2. The van der Waals surface area contributed by atoms with Crippen molar-refractivity contribution >= 4 is 33.8 Å². The number of rotatable bonds is 4. The first-order valence-corrected chi connectivity index (χ1v) is 11.1. The Hall–Kier alpha value is -3.82. The van der Waals surface area contributed by atoms with Gasteiger partial charge < -0.3 is 10.6 Å². The van der Waals surface area contributed by atoms with Crippen molar-refractivity contribution < 1.29 is 4.79 Å². The van der Waals surface area contributed by atoms with Gasteiger partial charge in [-0.1, -0.05) is 12.1 Å². The molecule has 3 aromatic heterocycles. The molecule has 32 heavy (non-hydrogen) atoms. The number of aryl methyl sites for hydroxylation is 1. The number of anilines is 1. The molecule has 6 rings (SSSR count). The maximum absolute atomic E-state index is 13.1. The second-order valence-corrected chi connectivity index (χ2v) is 8.73. The number of aromatic amines is 2. The summed E-state index contributed by atoms with van der Waals surface area (Å²) in [7, 11) is 0. The molecular weight excluding hydrogens is 422 g/mol. The fourth-order valence-corrected chi connectivity index (χ4v) is 4.76. The molecule has 9 heteroatoms. The Balaban J connectivity index is 1.36. The van der Waals surface area contributed by atoms with Gasteiger partial charge in [-0.15, -0.1) is 11.3 Å². The van der Waals surface area contributed by atoms with Crippen molar-refractivity contribution in [3.63, 3.8) is 0 Å². The number of thiazole rings is 1. The minimum absolute atomic E-state index is 0.261. The van der Waals surface area contributed by atoms with Crippen LogP contribution in [0.4, 0.5) is 5.69 Å². The zero-order valence-corrected chi connectivity index (χ0v) is 18.0. The number of hydrogen-bond acceptors (Lipinski definition) is 6. The highest BCUT2D eigenvalue weighted by molar-refractivity contribution is 7.13. The number of H-pyrrole nitrogens is 2. The molecule has 8 nitrogen and oxygen atoms in total. The topological polar surface area (TPSA) is 111 Å². The third kappa shape index (κ3) is 3.28. The molecule has 0 saturated carbocycles. The van der Waals surface area contributed by atoms with Crippen molar-refractivity contribution in [2.45, 2.75) is 20.0 Å². The van der Waals surface area contributed by atoms with Crippen LogP contribution in [0.3, 0.4) is 0 Å². The second kappa shape index (κ2) is 7.40. The monoisotopic (exact) mass is 441 g/mol. The molecule has 158 valence electrons. The van der Waals surface area contributed by atoms with Crippen molar-refractivity contribution in [1.29, 1.82) is 0 Å². The van der Waals surface area contributed by atoms with Crippen LogP contribution in [0, 0.1) is 6.92 Å². The molecule has 0 fully saturated rings. The first-order chi connectivity index (χ1) is 15.6. The fourth-order valence-electron chi connectivity index (χ4n) is 4.01. The Morgan fingerprint density at radius 2 is 2.00 bits per heavy atom. The van der Waals surface area contributed by atoms with E-state index in [1.54, 1.807) is 11.6 Å². The van der Waals surface area contributed by atoms with E-state index in [-0.39, 0.29) is 5.91 Å². The molecule has 1 aliphatic rings. The van der Waals surface area contributed by atoms with Gasteiger partial charge in [-0.05, 0) is 47.9 Å². The van der Waals surface area contributed by atoms with E-state index in [2.05, 4.69) is 60.3 Å². The number of amides is 1. The Kier molecular flexibility index (Phi) is 4.37. The van der Waals surface area contributed by atoms with E-state index >= 15 is 0 Å². The van der Waals surface area contributed by atoms with Gasteiger partial charge >= 0.3 is 0 Å². The van der Waals surface area contributed by atoms with Crippen molar-refractivity contribution in [2.24, 2.45) is 0 Å². The van der Waals surface area contributed by atoms with Gasteiger partial charge in [0.25, 0.3) is 5.91 Å². The predicted octanol–water partition coefficient (Wildman–Crippen LogP) is 4.24. The van der Waals surface area contributed by atoms with Gasteiger partial charge in [-0.25, -0.2) is 4.98 Å². The van der Waals surface area contributed by atoms with Gasteiger partial charge in [0.1, 0.15) is 16.4 Å². The van der Waals surface area contributed by atoms with Gasteiger partial charge in [0.15, 0.2) is 0 Å². The summed E-state index contributed by atoms with van der Waals surface area (Å²) in [6.45, 7) is 3.68. The van der Waals surface area contributed by atoms with E-state index in [1.165, 1.54) is 22.5 Å². The lowest BCUT2D eigenvalue weighted by Gasteiger charge is -2.12. The van der Waals surface area contributed by atoms with Crippen LogP contribution in [-0.4, -0.2) is 31.3 Å². The van der Waals surface area contributed by atoms with E-state index < -0.39 is 0 Å². The van der Waals surface area contributed by atoms with Crippen molar-refractivity contribution in [2.75, 3.05) is 5.32 Å². The Morgan fingerprint density at radius 3 is 2.88 bits per heavy atom. The quantitative estimate of drug-likeness (QED) is 0.333. The van der Waals surface area contributed by atoms with Crippen LogP contribution in [0.5, 0.6) is 0 Å². The SMILES string of the molecule is Cc1cc(-c2nc(C(=O)Nc3cc4[nH]ncc4cc3-c3ccc4c(c3)CNC4)cs2)n[nH]1. The largest absolute Gasteiger partial charge is 0.320 e. The zero-order valence-electron chi connectivity index (χ0n) is 17.2. The van der Waals surface area contributed by atoms with Gasteiger partial charge in [0.05, 0.1) is 17.4 Å². The molecule has 4 heterocycles. The standard InChI is InChI=1S/C23H19N7OS/c1-12-4-20(30-28-12)23-27-21(11-32-23)22(31)26-19-7-18-16(10-25-29-18)6-17(19)13-2-3-14-8-24-9-15(14)5-13/h2-7,10-11,24H,8-9H2,1H3,(H,25,29)(H,26,31)(H,28,30). The molecule has 0 atom stereocenters. The first-order valence-electron chi connectivity index (χ1n) is 10.2. The summed E-state index contributed by atoms with van der Waals surface area (Å²) in [6, 6.07) is 12.3. The maximum atomic E-state index is 13.1. The average Bonchev–Trinajstić information content (AvgIpc) is 3.58. The second-order valence-electron chi connectivity index (χ2n) is 7.87. The number of carbonyl (C=O) groups excluding carboxylic acids is 1. The van der Waals surface area contributed by atoms with Crippen molar-refractivity contribution in [1.82, 2.24) is 30.7 Å². The highest BCUT2D eigenvalue weighted by atomic mass is 32.1. The van der Waals surface area contributed by atoms with Crippen LogP contribution in [0.25, 0.3) is 32.7 Å². The number of hydrogen-bond donors (Lipinski definition) is 4. The molecule has 2 aromatic carbocycles. The molecule has 0 spiro atoms. The Labute approximate surface area is 187 Å². The summed E-state index contributed by atoms with van der Waals surface area (Å²) >= 11 is 1.40. The molecular formula is C23H19N7OS. The van der Waals surface area contributed by atoms with Crippen LogP contribution < -0.4 is 10.6 Å². The highest BCUT2D eigenvalue weighted by Crippen LogP contribution is 2.34. The summed E-state index contributed by atoms with van der Waals surface area (Å²) in [5, 5.41) is 24.1. The smallest absolute Gasteiger partial charge is 0.275 e. The third-order valence-electron chi connectivity index (χ3n) is 5.64. The highest BCUT2D eigenvalue weighted by Gasteiger charge is 2.18. The molecule has 0 bridgehead atoms. The predicted molar refractivity (Wildman–Crippen MR) is 124 cm³/mol. The van der Waals surface area contributed by atoms with E-state index in [0.717, 1.165) is 46.5 Å². The number of aromatic nitrogens is 5. The fraction of sp³-hybridized carbons (Fsp3) is 0.130. The number of nitrogens with zero attached hydrogens (tertiary/aromatic N) is 3. The normalized spacial score (nSPS) is 12.9. The lowest BCUT2D eigenvalue weighted by Crippen LogP contribution is -2.13. The van der Waals surface area contributed by atoms with E-state index in [9.17, 15) is 4.79 Å². The van der Waals surface area contributed by atoms with Gasteiger partial charge in [0.2, 0.25) is 0 Å². The van der Waals surface area contributed by atoms with Gasteiger partial charge in [-0.3, -0.25) is 15.0 Å². The molecule has 0 saturated heterocycles.